The standard InChI is InChI=1S/C20H24FN3O4S/c1-14(23-24-19(25)28-20(2,3)4)16-7-11-18(12-8-16)29(26,27)22-13-15-5-9-17(21)10-6-15/h5-12,22H,13H2,1-4H3,(H,24,25)/b23-14-. The number of sulfonamides is 1. The lowest BCUT2D eigenvalue weighted by Gasteiger charge is -2.18. The van der Waals surface area contributed by atoms with Crippen molar-refractivity contribution in [1.82, 2.24) is 10.1 Å². The Morgan fingerprint density at radius 2 is 1.66 bits per heavy atom. The van der Waals surface area contributed by atoms with Crippen LogP contribution in [0, 0.1) is 5.82 Å². The van der Waals surface area contributed by atoms with Crippen LogP contribution in [0.3, 0.4) is 0 Å². The first-order chi connectivity index (χ1) is 13.5. The van der Waals surface area contributed by atoms with Crippen LogP contribution >= 0.6 is 0 Å². The number of nitrogens with zero attached hydrogens (tertiary/aromatic N) is 1. The second-order valence-electron chi connectivity index (χ2n) is 7.29. The highest BCUT2D eigenvalue weighted by Gasteiger charge is 2.16. The third-order valence-corrected chi connectivity index (χ3v) is 5.09. The molecule has 2 rings (SSSR count). The van der Waals surface area contributed by atoms with E-state index < -0.39 is 21.7 Å². The Kier molecular flexibility index (Phi) is 7.10. The van der Waals surface area contributed by atoms with E-state index in [4.69, 9.17) is 4.74 Å². The van der Waals surface area contributed by atoms with Gasteiger partial charge in [-0.3, -0.25) is 0 Å². The monoisotopic (exact) mass is 421 g/mol. The molecule has 0 fully saturated rings. The summed E-state index contributed by atoms with van der Waals surface area (Å²) < 4.78 is 45.3. The molecular formula is C20H24FN3O4S. The topological polar surface area (TPSA) is 96.9 Å². The van der Waals surface area contributed by atoms with Gasteiger partial charge in [0.1, 0.15) is 11.4 Å². The Bertz CT molecular complexity index is 980. The summed E-state index contributed by atoms with van der Waals surface area (Å²) in [6, 6.07) is 11.6. The molecule has 0 unspecified atom stereocenters. The molecule has 0 bridgehead atoms. The fraction of sp³-hybridized carbons (Fsp3) is 0.300. The number of amides is 1. The number of halogens is 1. The number of ether oxygens (including phenoxy) is 1. The molecule has 0 aliphatic rings. The Morgan fingerprint density at radius 1 is 1.07 bits per heavy atom. The van der Waals surface area contributed by atoms with Gasteiger partial charge in [-0.25, -0.2) is 27.8 Å². The second kappa shape index (κ2) is 9.15. The minimum Gasteiger partial charge on any atom is -0.443 e. The van der Waals surface area contributed by atoms with E-state index in [0.29, 0.717) is 16.8 Å². The highest BCUT2D eigenvalue weighted by molar-refractivity contribution is 7.89. The summed E-state index contributed by atoms with van der Waals surface area (Å²) in [4.78, 5) is 11.7. The molecule has 29 heavy (non-hydrogen) atoms. The predicted molar refractivity (Wildman–Crippen MR) is 108 cm³/mol. The van der Waals surface area contributed by atoms with Gasteiger partial charge in [0.25, 0.3) is 0 Å². The number of carbonyl (C=O) groups is 1. The van der Waals surface area contributed by atoms with Gasteiger partial charge in [0, 0.05) is 6.54 Å². The van der Waals surface area contributed by atoms with E-state index in [1.807, 2.05) is 0 Å². The lowest BCUT2D eigenvalue weighted by atomic mass is 10.1. The van der Waals surface area contributed by atoms with Crippen molar-refractivity contribution in [2.45, 2.75) is 44.7 Å². The third kappa shape index (κ3) is 7.28. The van der Waals surface area contributed by atoms with Crippen LogP contribution in [0.1, 0.15) is 38.8 Å². The minimum atomic E-state index is -3.73. The summed E-state index contributed by atoms with van der Waals surface area (Å²) in [5.41, 5.74) is 3.42. The van der Waals surface area contributed by atoms with Crippen LogP contribution in [-0.4, -0.2) is 25.8 Å². The average molecular weight is 421 g/mol. The van der Waals surface area contributed by atoms with Gasteiger partial charge in [0.05, 0.1) is 10.6 Å². The summed E-state index contributed by atoms with van der Waals surface area (Å²) in [5, 5.41) is 3.95. The van der Waals surface area contributed by atoms with Crippen molar-refractivity contribution >= 4 is 21.8 Å². The van der Waals surface area contributed by atoms with Crippen molar-refractivity contribution < 1.29 is 22.3 Å². The van der Waals surface area contributed by atoms with Gasteiger partial charge in [-0.15, -0.1) is 0 Å². The number of rotatable bonds is 6. The Hall–Kier alpha value is -2.78. The number of benzene rings is 2. The molecule has 0 heterocycles. The van der Waals surface area contributed by atoms with E-state index in [9.17, 15) is 17.6 Å². The largest absolute Gasteiger partial charge is 0.443 e. The SMILES string of the molecule is C/C(=N/NC(=O)OC(C)(C)C)c1ccc(S(=O)(=O)NCc2ccc(F)cc2)cc1. The maximum absolute atomic E-state index is 12.9. The third-order valence-electron chi connectivity index (χ3n) is 3.68. The summed E-state index contributed by atoms with van der Waals surface area (Å²) in [6.07, 6.45) is -0.680. The summed E-state index contributed by atoms with van der Waals surface area (Å²) in [7, 11) is -3.73. The molecule has 1 amide bonds. The molecule has 0 aliphatic heterocycles. The summed E-state index contributed by atoms with van der Waals surface area (Å²) in [5.74, 6) is -0.384. The van der Waals surface area contributed by atoms with Gasteiger partial charge in [-0.2, -0.15) is 5.10 Å². The van der Waals surface area contributed by atoms with Gasteiger partial charge in [-0.05, 0) is 63.1 Å². The first-order valence-corrected chi connectivity index (χ1v) is 10.3. The fourth-order valence-electron chi connectivity index (χ4n) is 2.23. The molecule has 0 atom stereocenters. The van der Waals surface area contributed by atoms with E-state index in [2.05, 4.69) is 15.2 Å². The Labute approximate surface area is 170 Å². The molecule has 2 N–H and O–H groups in total. The zero-order valence-electron chi connectivity index (χ0n) is 16.7. The van der Waals surface area contributed by atoms with Crippen LogP contribution in [0.15, 0.2) is 58.5 Å². The van der Waals surface area contributed by atoms with E-state index in [1.54, 1.807) is 39.8 Å². The Balaban J connectivity index is 2.01. The number of hydrazone groups is 1. The van der Waals surface area contributed by atoms with E-state index >= 15 is 0 Å². The van der Waals surface area contributed by atoms with Crippen LogP contribution in [-0.2, 0) is 21.3 Å². The van der Waals surface area contributed by atoms with Crippen molar-refractivity contribution in [3.63, 3.8) is 0 Å². The van der Waals surface area contributed by atoms with Gasteiger partial charge >= 0.3 is 6.09 Å². The molecule has 0 radical (unpaired) electrons. The van der Waals surface area contributed by atoms with Crippen LogP contribution in [0.25, 0.3) is 0 Å². The fourth-order valence-corrected chi connectivity index (χ4v) is 3.25. The lowest BCUT2D eigenvalue weighted by molar-refractivity contribution is 0.0529. The van der Waals surface area contributed by atoms with Crippen molar-refractivity contribution in [2.24, 2.45) is 5.10 Å². The number of carbonyl (C=O) groups excluding carboxylic acids is 1. The first-order valence-electron chi connectivity index (χ1n) is 8.84. The van der Waals surface area contributed by atoms with Gasteiger partial charge < -0.3 is 4.74 Å². The Morgan fingerprint density at radius 3 is 2.21 bits per heavy atom. The molecule has 0 aromatic heterocycles. The van der Waals surface area contributed by atoms with Crippen LogP contribution < -0.4 is 10.1 Å². The van der Waals surface area contributed by atoms with E-state index in [0.717, 1.165) is 0 Å². The zero-order chi connectivity index (χ0) is 21.7. The highest BCUT2D eigenvalue weighted by atomic mass is 32.2. The van der Waals surface area contributed by atoms with E-state index in [1.165, 1.54) is 36.4 Å². The molecule has 7 nitrogen and oxygen atoms in total. The van der Waals surface area contributed by atoms with Gasteiger partial charge in [0.15, 0.2) is 0 Å². The quantitative estimate of drug-likeness (QED) is 0.551. The maximum atomic E-state index is 12.9. The van der Waals surface area contributed by atoms with Gasteiger partial charge in [-0.1, -0.05) is 24.3 Å². The minimum absolute atomic E-state index is 0.0463. The van der Waals surface area contributed by atoms with Crippen LogP contribution in [0.2, 0.25) is 0 Å². The molecule has 0 saturated carbocycles. The maximum Gasteiger partial charge on any atom is 0.428 e. The summed E-state index contributed by atoms with van der Waals surface area (Å²) >= 11 is 0. The van der Waals surface area contributed by atoms with E-state index in [-0.39, 0.29) is 17.3 Å². The average Bonchev–Trinajstić information content (AvgIpc) is 2.64. The zero-order valence-corrected chi connectivity index (χ0v) is 17.5. The number of hydrogen-bond donors (Lipinski definition) is 2. The normalized spacial score (nSPS) is 12.5. The van der Waals surface area contributed by atoms with Crippen LogP contribution in [0.4, 0.5) is 9.18 Å². The van der Waals surface area contributed by atoms with Crippen molar-refractivity contribution in [3.8, 4) is 0 Å². The molecular weight excluding hydrogens is 397 g/mol. The highest BCUT2D eigenvalue weighted by Crippen LogP contribution is 2.13. The van der Waals surface area contributed by atoms with Crippen molar-refractivity contribution in [1.29, 1.82) is 0 Å². The molecule has 0 spiro atoms. The van der Waals surface area contributed by atoms with Crippen molar-refractivity contribution in [2.75, 3.05) is 0 Å². The first kappa shape index (κ1) is 22.5. The number of nitrogens with one attached hydrogen (secondary N) is 2. The van der Waals surface area contributed by atoms with Crippen LogP contribution in [0.5, 0.6) is 0 Å². The second-order valence-corrected chi connectivity index (χ2v) is 9.05. The van der Waals surface area contributed by atoms with Gasteiger partial charge in [0.2, 0.25) is 10.0 Å². The smallest absolute Gasteiger partial charge is 0.428 e. The predicted octanol–water partition coefficient (Wildman–Crippen LogP) is 3.55. The molecule has 0 aliphatic carbocycles. The number of hydrogen-bond acceptors (Lipinski definition) is 5. The lowest BCUT2D eigenvalue weighted by Crippen LogP contribution is -2.30. The molecule has 2 aromatic carbocycles. The molecule has 156 valence electrons. The van der Waals surface area contributed by atoms with Crippen molar-refractivity contribution in [3.05, 3.63) is 65.5 Å². The molecule has 9 heteroatoms. The summed E-state index contributed by atoms with van der Waals surface area (Å²) in [6.45, 7) is 6.95. The molecule has 0 saturated heterocycles. The molecule has 2 aromatic rings.